The van der Waals surface area contributed by atoms with Crippen molar-refractivity contribution in [3.8, 4) is 0 Å². The van der Waals surface area contributed by atoms with Gasteiger partial charge in [0.2, 0.25) is 5.91 Å². The number of aryl methyl sites for hydroxylation is 1. The third-order valence-corrected chi connectivity index (χ3v) is 4.15. The zero-order valence-corrected chi connectivity index (χ0v) is 12.3. The van der Waals surface area contributed by atoms with Gasteiger partial charge in [-0.3, -0.25) is 9.69 Å². The zero-order valence-electron chi connectivity index (χ0n) is 12.3. The second-order valence-corrected chi connectivity index (χ2v) is 5.89. The van der Waals surface area contributed by atoms with Crippen molar-refractivity contribution in [2.24, 2.45) is 0 Å². The Labute approximate surface area is 123 Å². The summed E-state index contributed by atoms with van der Waals surface area (Å²) in [6, 6.07) is 1.73. The molecule has 0 bridgehead atoms. The highest BCUT2D eigenvalue weighted by molar-refractivity contribution is 5.82. The van der Waals surface area contributed by atoms with Crippen molar-refractivity contribution in [1.29, 1.82) is 0 Å². The van der Waals surface area contributed by atoms with Gasteiger partial charge in [-0.05, 0) is 13.3 Å². The highest BCUT2D eigenvalue weighted by Crippen LogP contribution is 2.13. The SMILES string of the molecule is Cc1cc(CN2CCN(C(=O)C3CC(O)CN3)CC2)on1. The molecule has 2 unspecified atom stereocenters. The van der Waals surface area contributed by atoms with Crippen LogP contribution in [0.5, 0.6) is 0 Å². The van der Waals surface area contributed by atoms with Crippen LogP contribution in [-0.4, -0.2) is 70.8 Å². The van der Waals surface area contributed by atoms with E-state index >= 15 is 0 Å². The predicted octanol–water partition coefficient (Wildman–Crippen LogP) is -0.650. The van der Waals surface area contributed by atoms with Gasteiger partial charge >= 0.3 is 0 Å². The van der Waals surface area contributed by atoms with E-state index in [0.717, 1.165) is 44.2 Å². The monoisotopic (exact) mass is 294 g/mol. The summed E-state index contributed by atoms with van der Waals surface area (Å²) in [6.07, 6.45) is 0.131. The number of hydrogen-bond donors (Lipinski definition) is 2. The lowest BCUT2D eigenvalue weighted by Gasteiger charge is -2.35. The summed E-state index contributed by atoms with van der Waals surface area (Å²) in [7, 11) is 0. The summed E-state index contributed by atoms with van der Waals surface area (Å²) >= 11 is 0. The number of hydrogen-bond acceptors (Lipinski definition) is 6. The average molecular weight is 294 g/mol. The van der Waals surface area contributed by atoms with Gasteiger partial charge in [-0.25, -0.2) is 0 Å². The van der Waals surface area contributed by atoms with E-state index in [2.05, 4.69) is 15.4 Å². The Bertz CT molecular complexity index is 496. The first kappa shape index (κ1) is 14.5. The van der Waals surface area contributed by atoms with Gasteiger partial charge in [0.15, 0.2) is 5.76 Å². The minimum absolute atomic E-state index is 0.113. The van der Waals surface area contributed by atoms with Crippen LogP contribution in [0.2, 0.25) is 0 Å². The molecule has 21 heavy (non-hydrogen) atoms. The largest absolute Gasteiger partial charge is 0.392 e. The number of β-amino-alcohol motifs (C(OH)–C–C–N with tert-alkyl or cyclic N) is 1. The van der Waals surface area contributed by atoms with Crippen LogP contribution in [0.15, 0.2) is 10.6 Å². The van der Waals surface area contributed by atoms with E-state index in [9.17, 15) is 9.90 Å². The highest BCUT2D eigenvalue weighted by atomic mass is 16.5. The number of amides is 1. The predicted molar refractivity (Wildman–Crippen MR) is 75.5 cm³/mol. The van der Waals surface area contributed by atoms with Crippen molar-refractivity contribution in [3.63, 3.8) is 0 Å². The van der Waals surface area contributed by atoms with Crippen LogP contribution in [0.1, 0.15) is 17.9 Å². The summed E-state index contributed by atoms with van der Waals surface area (Å²) in [4.78, 5) is 16.5. The Balaban J connectivity index is 1.47. The quantitative estimate of drug-likeness (QED) is 0.771. The summed E-state index contributed by atoms with van der Waals surface area (Å²) < 4.78 is 5.22. The van der Waals surface area contributed by atoms with Gasteiger partial charge in [0, 0.05) is 38.8 Å². The molecule has 2 aliphatic heterocycles. The Morgan fingerprint density at radius 2 is 2.24 bits per heavy atom. The molecule has 3 heterocycles. The minimum Gasteiger partial charge on any atom is -0.392 e. The maximum absolute atomic E-state index is 12.3. The molecule has 1 aromatic heterocycles. The van der Waals surface area contributed by atoms with Gasteiger partial charge < -0.3 is 19.8 Å². The Morgan fingerprint density at radius 3 is 2.81 bits per heavy atom. The van der Waals surface area contributed by atoms with E-state index in [1.807, 2.05) is 17.9 Å². The molecule has 0 spiro atoms. The molecule has 1 amide bonds. The summed E-state index contributed by atoms with van der Waals surface area (Å²) in [6.45, 7) is 6.28. The average Bonchev–Trinajstić information content (AvgIpc) is 3.08. The van der Waals surface area contributed by atoms with Crippen molar-refractivity contribution >= 4 is 5.91 Å². The molecule has 2 saturated heterocycles. The van der Waals surface area contributed by atoms with E-state index < -0.39 is 6.10 Å². The minimum atomic E-state index is -0.394. The second-order valence-electron chi connectivity index (χ2n) is 5.89. The molecular weight excluding hydrogens is 272 g/mol. The van der Waals surface area contributed by atoms with Crippen LogP contribution in [0.25, 0.3) is 0 Å². The second kappa shape index (κ2) is 6.13. The van der Waals surface area contributed by atoms with Crippen LogP contribution in [-0.2, 0) is 11.3 Å². The summed E-state index contributed by atoms with van der Waals surface area (Å²) in [5, 5.41) is 16.5. The van der Waals surface area contributed by atoms with Crippen molar-refractivity contribution in [1.82, 2.24) is 20.3 Å². The van der Waals surface area contributed by atoms with Crippen molar-refractivity contribution in [2.45, 2.75) is 32.0 Å². The molecule has 7 heteroatoms. The lowest BCUT2D eigenvalue weighted by Crippen LogP contribution is -2.52. The molecule has 0 aromatic carbocycles. The third-order valence-electron chi connectivity index (χ3n) is 4.15. The van der Waals surface area contributed by atoms with Crippen LogP contribution < -0.4 is 5.32 Å². The Morgan fingerprint density at radius 1 is 1.48 bits per heavy atom. The Kier molecular flexibility index (Phi) is 4.23. The van der Waals surface area contributed by atoms with Crippen molar-refractivity contribution < 1.29 is 14.4 Å². The van der Waals surface area contributed by atoms with Crippen molar-refractivity contribution in [3.05, 3.63) is 17.5 Å². The van der Waals surface area contributed by atoms with Gasteiger partial charge in [0.05, 0.1) is 24.4 Å². The molecule has 0 aliphatic carbocycles. The van der Waals surface area contributed by atoms with E-state index in [4.69, 9.17) is 4.52 Å². The number of carbonyl (C=O) groups is 1. The fraction of sp³-hybridized carbons (Fsp3) is 0.714. The number of aliphatic hydroxyl groups excluding tert-OH is 1. The van der Waals surface area contributed by atoms with Gasteiger partial charge in [-0.15, -0.1) is 0 Å². The molecule has 2 N–H and O–H groups in total. The number of nitrogens with zero attached hydrogens (tertiary/aromatic N) is 3. The number of nitrogens with one attached hydrogen (secondary N) is 1. The molecular formula is C14H22N4O3. The number of rotatable bonds is 3. The topological polar surface area (TPSA) is 81.8 Å². The molecule has 116 valence electrons. The molecule has 3 rings (SSSR count). The van der Waals surface area contributed by atoms with E-state index in [1.54, 1.807) is 0 Å². The van der Waals surface area contributed by atoms with Gasteiger partial charge in [-0.2, -0.15) is 0 Å². The first-order chi connectivity index (χ1) is 10.1. The fourth-order valence-electron chi connectivity index (χ4n) is 2.96. The number of aromatic nitrogens is 1. The molecule has 2 aliphatic rings. The first-order valence-electron chi connectivity index (χ1n) is 7.46. The lowest BCUT2D eigenvalue weighted by molar-refractivity contribution is -0.135. The van der Waals surface area contributed by atoms with Crippen LogP contribution >= 0.6 is 0 Å². The van der Waals surface area contributed by atoms with Crippen LogP contribution in [0, 0.1) is 6.92 Å². The van der Waals surface area contributed by atoms with Crippen molar-refractivity contribution in [2.75, 3.05) is 32.7 Å². The molecule has 7 nitrogen and oxygen atoms in total. The van der Waals surface area contributed by atoms with E-state index in [-0.39, 0.29) is 11.9 Å². The van der Waals surface area contributed by atoms with Gasteiger partial charge in [-0.1, -0.05) is 5.16 Å². The smallest absolute Gasteiger partial charge is 0.239 e. The molecule has 2 atom stereocenters. The van der Waals surface area contributed by atoms with Gasteiger partial charge in [0.1, 0.15) is 0 Å². The van der Waals surface area contributed by atoms with Crippen LogP contribution in [0.3, 0.4) is 0 Å². The fourth-order valence-corrected chi connectivity index (χ4v) is 2.96. The van der Waals surface area contributed by atoms with E-state index in [1.165, 1.54) is 0 Å². The third kappa shape index (κ3) is 3.42. The standard InChI is InChI=1S/C14H22N4O3/c1-10-6-12(21-16-10)9-17-2-4-18(5-3-17)14(20)13-7-11(19)8-15-13/h6,11,13,15,19H,2-5,7-9H2,1H3. The molecule has 2 fully saturated rings. The summed E-state index contributed by atoms with van der Waals surface area (Å²) in [5.41, 5.74) is 0.893. The summed E-state index contributed by atoms with van der Waals surface area (Å²) in [5.74, 6) is 0.981. The number of piperazine rings is 1. The van der Waals surface area contributed by atoms with E-state index in [0.29, 0.717) is 13.0 Å². The van der Waals surface area contributed by atoms with Gasteiger partial charge in [0.25, 0.3) is 0 Å². The Hall–Kier alpha value is -1.44. The van der Waals surface area contributed by atoms with Crippen LogP contribution in [0.4, 0.5) is 0 Å². The zero-order chi connectivity index (χ0) is 14.8. The molecule has 1 aromatic rings. The highest BCUT2D eigenvalue weighted by Gasteiger charge is 2.32. The maximum Gasteiger partial charge on any atom is 0.239 e. The maximum atomic E-state index is 12.3. The lowest BCUT2D eigenvalue weighted by atomic mass is 10.1. The molecule has 0 radical (unpaired) electrons. The number of carbonyl (C=O) groups excluding carboxylic acids is 1. The first-order valence-corrected chi connectivity index (χ1v) is 7.46. The molecule has 0 saturated carbocycles. The number of aliphatic hydroxyl groups is 1. The normalized spacial score (nSPS) is 27.2.